The predicted octanol–water partition coefficient (Wildman–Crippen LogP) is 4.39. The lowest BCUT2D eigenvalue weighted by molar-refractivity contribution is -0.119. The van der Waals surface area contributed by atoms with Crippen molar-refractivity contribution in [1.29, 1.82) is 0 Å². The fourth-order valence-electron chi connectivity index (χ4n) is 3.06. The van der Waals surface area contributed by atoms with Crippen molar-refractivity contribution < 1.29 is 9.53 Å². The summed E-state index contributed by atoms with van der Waals surface area (Å²) in [7, 11) is 0. The summed E-state index contributed by atoms with van der Waals surface area (Å²) in [4.78, 5) is 12.6. The molecule has 1 aromatic carbocycles. The first-order chi connectivity index (χ1) is 13.7. The zero-order valence-electron chi connectivity index (χ0n) is 17.4. The average molecular weight is 460 g/mol. The van der Waals surface area contributed by atoms with Crippen LogP contribution in [0.15, 0.2) is 35.1 Å². The number of rotatable bonds is 7. The highest BCUT2D eigenvalue weighted by molar-refractivity contribution is 9.10. The van der Waals surface area contributed by atoms with E-state index in [1.54, 1.807) is 17.1 Å². The number of aromatic nitrogens is 4. The summed E-state index contributed by atoms with van der Waals surface area (Å²) >= 11 is 3.52. The molecule has 154 valence electrons. The molecule has 8 heteroatoms. The molecule has 29 heavy (non-hydrogen) atoms. The van der Waals surface area contributed by atoms with Crippen molar-refractivity contribution in [2.45, 2.75) is 47.9 Å². The van der Waals surface area contributed by atoms with E-state index in [9.17, 15) is 4.79 Å². The molecule has 0 bridgehead atoms. The van der Waals surface area contributed by atoms with Gasteiger partial charge in [-0.3, -0.25) is 9.48 Å². The maximum absolute atomic E-state index is 12.6. The zero-order valence-corrected chi connectivity index (χ0v) is 18.9. The van der Waals surface area contributed by atoms with E-state index in [-0.39, 0.29) is 18.6 Å². The number of nitrogens with zero attached hydrogens (tertiary/aromatic N) is 4. The van der Waals surface area contributed by atoms with Crippen molar-refractivity contribution in [3.63, 3.8) is 0 Å². The van der Waals surface area contributed by atoms with E-state index in [4.69, 9.17) is 4.74 Å². The van der Waals surface area contributed by atoms with Crippen LogP contribution in [-0.4, -0.2) is 25.5 Å². The predicted molar refractivity (Wildman–Crippen MR) is 116 cm³/mol. The molecule has 0 aliphatic carbocycles. The number of amides is 1. The molecule has 0 saturated carbocycles. The Kier molecular flexibility index (Phi) is 6.42. The van der Waals surface area contributed by atoms with Crippen LogP contribution in [0.3, 0.4) is 0 Å². The van der Waals surface area contributed by atoms with Gasteiger partial charge in [-0.2, -0.15) is 10.2 Å². The third-order valence-electron chi connectivity index (χ3n) is 4.77. The Balaban J connectivity index is 1.56. The Morgan fingerprint density at radius 1 is 1.28 bits per heavy atom. The number of aryl methyl sites for hydroxylation is 3. The van der Waals surface area contributed by atoms with Gasteiger partial charge in [-0.05, 0) is 55.3 Å². The highest BCUT2D eigenvalue weighted by Crippen LogP contribution is 2.21. The lowest BCUT2D eigenvalue weighted by Crippen LogP contribution is -2.25. The second kappa shape index (κ2) is 8.82. The molecular weight excluding hydrogens is 434 g/mol. The number of nitrogens with one attached hydrogen (secondary N) is 1. The van der Waals surface area contributed by atoms with Gasteiger partial charge in [0.25, 0.3) is 0 Å². The minimum absolute atomic E-state index is 0.0801. The third kappa shape index (κ3) is 5.06. The second-order valence-electron chi connectivity index (χ2n) is 7.37. The van der Waals surface area contributed by atoms with E-state index < -0.39 is 0 Å². The SMILES string of the molecule is Cc1ccc(OCn2cc(NC(=O)C(C)Cn3nc(C)c(Br)c3C)cn2)c(C)c1. The van der Waals surface area contributed by atoms with Gasteiger partial charge in [0, 0.05) is 5.69 Å². The average Bonchev–Trinajstić information content (AvgIpc) is 3.21. The number of ether oxygens (including phenoxy) is 1. The first-order valence-corrected chi connectivity index (χ1v) is 10.3. The van der Waals surface area contributed by atoms with E-state index >= 15 is 0 Å². The van der Waals surface area contributed by atoms with Crippen molar-refractivity contribution in [3.8, 4) is 5.75 Å². The first kappa shape index (κ1) is 21.1. The summed E-state index contributed by atoms with van der Waals surface area (Å²) in [6, 6.07) is 6.04. The monoisotopic (exact) mass is 459 g/mol. The van der Waals surface area contributed by atoms with Crippen LogP contribution < -0.4 is 10.1 Å². The first-order valence-electron chi connectivity index (χ1n) is 9.47. The Morgan fingerprint density at radius 3 is 2.69 bits per heavy atom. The van der Waals surface area contributed by atoms with Crippen molar-refractivity contribution in [2.75, 3.05) is 5.32 Å². The Hall–Kier alpha value is -2.61. The summed E-state index contributed by atoms with van der Waals surface area (Å²) in [6.45, 7) is 10.6. The zero-order chi connectivity index (χ0) is 21.1. The number of benzene rings is 1. The van der Waals surface area contributed by atoms with Crippen LogP contribution in [0.1, 0.15) is 29.4 Å². The fraction of sp³-hybridized carbons (Fsp3) is 0.381. The molecule has 1 unspecified atom stereocenters. The molecule has 3 aromatic rings. The molecule has 0 fully saturated rings. The minimum Gasteiger partial charge on any atom is -0.471 e. The molecule has 1 atom stereocenters. The van der Waals surface area contributed by atoms with E-state index in [0.717, 1.165) is 27.2 Å². The van der Waals surface area contributed by atoms with Crippen LogP contribution in [0.2, 0.25) is 0 Å². The minimum atomic E-state index is -0.241. The number of anilines is 1. The quantitative estimate of drug-likeness (QED) is 0.568. The Bertz CT molecular complexity index is 1020. The molecule has 0 aliphatic rings. The molecule has 0 spiro atoms. The molecule has 0 saturated heterocycles. The maximum atomic E-state index is 12.6. The van der Waals surface area contributed by atoms with Crippen molar-refractivity contribution >= 4 is 27.5 Å². The van der Waals surface area contributed by atoms with Gasteiger partial charge in [0.15, 0.2) is 6.73 Å². The fourth-order valence-corrected chi connectivity index (χ4v) is 3.34. The lowest BCUT2D eigenvalue weighted by Gasteiger charge is -2.12. The standard InChI is InChI=1S/C21H26BrN5O2/c1-13-6-7-19(14(2)8-13)29-12-26-11-18(9-23-26)24-21(28)15(3)10-27-17(5)20(22)16(4)25-27/h6-9,11,15H,10,12H2,1-5H3,(H,24,28). The highest BCUT2D eigenvalue weighted by atomic mass is 79.9. The number of carbonyl (C=O) groups is 1. The largest absolute Gasteiger partial charge is 0.471 e. The van der Waals surface area contributed by atoms with E-state index in [1.807, 2.05) is 51.4 Å². The molecule has 7 nitrogen and oxygen atoms in total. The smallest absolute Gasteiger partial charge is 0.229 e. The van der Waals surface area contributed by atoms with Crippen LogP contribution in [0, 0.1) is 33.6 Å². The molecule has 2 aromatic heterocycles. The second-order valence-corrected chi connectivity index (χ2v) is 8.16. The van der Waals surface area contributed by atoms with E-state index in [0.29, 0.717) is 12.2 Å². The summed E-state index contributed by atoms with van der Waals surface area (Å²) in [6.07, 6.45) is 3.38. The summed E-state index contributed by atoms with van der Waals surface area (Å²) in [5.41, 5.74) is 4.84. The highest BCUT2D eigenvalue weighted by Gasteiger charge is 2.18. The lowest BCUT2D eigenvalue weighted by atomic mass is 10.1. The van der Waals surface area contributed by atoms with Crippen LogP contribution in [0.4, 0.5) is 5.69 Å². The van der Waals surface area contributed by atoms with E-state index in [2.05, 4.69) is 37.5 Å². The molecule has 3 rings (SSSR count). The van der Waals surface area contributed by atoms with Crippen LogP contribution >= 0.6 is 15.9 Å². The summed E-state index contributed by atoms with van der Waals surface area (Å²) in [5.74, 6) is 0.500. The number of carbonyl (C=O) groups excluding carboxylic acids is 1. The molecule has 0 aliphatic heterocycles. The Morgan fingerprint density at radius 2 is 2.03 bits per heavy atom. The number of hydrogen-bond acceptors (Lipinski definition) is 4. The van der Waals surface area contributed by atoms with Crippen LogP contribution in [0.5, 0.6) is 5.75 Å². The van der Waals surface area contributed by atoms with Crippen molar-refractivity contribution in [3.05, 3.63) is 57.6 Å². The summed E-state index contributed by atoms with van der Waals surface area (Å²) < 4.78 is 10.3. The molecule has 2 heterocycles. The number of halogens is 1. The Labute approximate surface area is 179 Å². The summed E-state index contributed by atoms with van der Waals surface area (Å²) in [5, 5.41) is 11.6. The van der Waals surface area contributed by atoms with Gasteiger partial charge in [0.2, 0.25) is 5.91 Å². The van der Waals surface area contributed by atoms with Crippen LogP contribution in [-0.2, 0) is 18.1 Å². The maximum Gasteiger partial charge on any atom is 0.229 e. The molecular formula is C21H26BrN5O2. The van der Waals surface area contributed by atoms with Gasteiger partial charge in [0.05, 0.1) is 40.7 Å². The van der Waals surface area contributed by atoms with Crippen molar-refractivity contribution in [1.82, 2.24) is 19.6 Å². The van der Waals surface area contributed by atoms with Gasteiger partial charge in [0.1, 0.15) is 5.75 Å². The topological polar surface area (TPSA) is 74.0 Å². The molecule has 1 N–H and O–H groups in total. The normalized spacial score (nSPS) is 12.1. The molecule has 0 radical (unpaired) electrons. The van der Waals surface area contributed by atoms with Gasteiger partial charge in [-0.25, -0.2) is 4.68 Å². The van der Waals surface area contributed by atoms with Gasteiger partial charge >= 0.3 is 0 Å². The van der Waals surface area contributed by atoms with Gasteiger partial charge in [-0.15, -0.1) is 0 Å². The van der Waals surface area contributed by atoms with Crippen LogP contribution in [0.25, 0.3) is 0 Å². The number of hydrogen-bond donors (Lipinski definition) is 1. The molecule has 1 amide bonds. The van der Waals surface area contributed by atoms with Gasteiger partial charge in [-0.1, -0.05) is 24.6 Å². The van der Waals surface area contributed by atoms with Gasteiger partial charge < -0.3 is 10.1 Å². The van der Waals surface area contributed by atoms with E-state index in [1.165, 1.54) is 5.56 Å². The van der Waals surface area contributed by atoms with Crippen molar-refractivity contribution in [2.24, 2.45) is 5.92 Å². The third-order valence-corrected chi connectivity index (χ3v) is 5.92.